The van der Waals surface area contributed by atoms with Crippen LogP contribution in [0.2, 0.25) is 0 Å². The molecule has 2 rings (SSSR count). The lowest BCUT2D eigenvalue weighted by Crippen LogP contribution is -2.23. The van der Waals surface area contributed by atoms with Gasteiger partial charge in [0.15, 0.2) is 0 Å². The minimum atomic E-state index is -0.673. The molecule has 1 N–H and O–H groups in total. The summed E-state index contributed by atoms with van der Waals surface area (Å²) in [7, 11) is 0. The number of carboxylic acids is 1. The van der Waals surface area contributed by atoms with Gasteiger partial charge in [-0.3, -0.25) is 4.79 Å². The normalized spacial score (nSPS) is 26.5. The quantitative estimate of drug-likeness (QED) is 0.893. The lowest BCUT2D eigenvalue weighted by molar-refractivity contribution is -0.143. The van der Waals surface area contributed by atoms with Crippen molar-refractivity contribution >= 4 is 21.9 Å². The second kappa shape index (κ2) is 4.30. The van der Waals surface area contributed by atoms with E-state index in [0.717, 1.165) is 25.7 Å². The maximum atomic E-state index is 10.8. The van der Waals surface area contributed by atoms with Gasteiger partial charge in [-0.2, -0.15) is 0 Å². The molecule has 1 aromatic heterocycles. The van der Waals surface area contributed by atoms with Gasteiger partial charge in [0.05, 0.1) is 12.0 Å². The smallest absolute Gasteiger partial charge is 0.306 e. The fraction of sp³-hybridized carbons (Fsp3) is 0.667. The molecule has 1 aromatic rings. The summed E-state index contributed by atoms with van der Waals surface area (Å²) in [5, 5.41) is 13.0. The van der Waals surface area contributed by atoms with E-state index < -0.39 is 5.97 Å². The van der Waals surface area contributed by atoms with Crippen molar-refractivity contribution in [2.24, 2.45) is 5.92 Å². The van der Waals surface area contributed by atoms with E-state index in [4.69, 9.17) is 5.11 Å². The van der Waals surface area contributed by atoms with Crippen molar-refractivity contribution in [3.8, 4) is 0 Å². The first-order valence-corrected chi connectivity index (χ1v) is 5.75. The van der Waals surface area contributed by atoms with Gasteiger partial charge in [0, 0.05) is 0 Å². The van der Waals surface area contributed by atoms with Crippen molar-refractivity contribution in [1.82, 2.24) is 14.8 Å². The molecular weight excluding hydrogens is 262 g/mol. The van der Waals surface area contributed by atoms with Crippen molar-refractivity contribution in [2.75, 3.05) is 0 Å². The van der Waals surface area contributed by atoms with E-state index in [-0.39, 0.29) is 5.92 Å². The van der Waals surface area contributed by atoms with Crippen molar-refractivity contribution in [2.45, 2.75) is 31.7 Å². The molecule has 0 spiro atoms. The molecule has 1 saturated carbocycles. The first kappa shape index (κ1) is 10.6. The minimum absolute atomic E-state index is 0.173. The number of nitrogens with zero attached hydrogens (tertiary/aromatic N) is 3. The van der Waals surface area contributed by atoms with Crippen LogP contribution in [-0.4, -0.2) is 25.8 Å². The van der Waals surface area contributed by atoms with Crippen molar-refractivity contribution in [3.05, 3.63) is 11.1 Å². The zero-order valence-corrected chi connectivity index (χ0v) is 9.72. The highest BCUT2D eigenvalue weighted by Gasteiger charge is 2.27. The zero-order valence-electron chi connectivity index (χ0n) is 8.14. The van der Waals surface area contributed by atoms with E-state index in [1.54, 1.807) is 6.33 Å². The Morgan fingerprint density at radius 1 is 1.47 bits per heavy atom. The summed E-state index contributed by atoms with van der Waals surface area (Å²) in [5.74, 6) is -0.846. The number of carbonyl (C=O) groups is 1. The summed E-state index contributed by atoms with van der Waals surface area (Å²) < 4.78 is 2.41. The maximum Gasteiger partial charge on any atom is 0.306 e. The third kappa shape index (κ3) is 2.37. The Kier molecular flexibility index (Phi) is 3.04. The second-order valence-electron chi connectivity index (χ2n) is 3.84. The number of hydrogen-bond donors (Lipinski definition) is 1. The van der Waals surface area contributed by atoms with Crippen LogP contribution in [0.3, 0.4) is 0 Å². The molecule has 0 radical (unpaired) electrons. The van der Waals surface area contributed by atoms with E-state index >= 15 is 0 Å². The SMILES string of the molecule is O=C(O)C1CCC(n2cnc(Br)n2)CC1. The highest BCUT2D eigenvalue weighted by molar-refractivity contribution is 9.10. The monoisotopic (exact) mass is 273 g/mol. The van der Waals surface area contributed by atoms with Gasteiger partial charge in [0.1, 0.15) is 6.33 Å². The van der Waals surface area contributed by atoms with Crippen LogP contribution in [0.15, 0.2) is 11.1 Å². The third-order valence-corrected chi connectivity index (χ3v) is 3.26. The van der Waals surface area contributed by atoms with Crippen LogP contribution < -0.4 is 0 Å². The summed E-state index contributed by atoms with van der Waals surface area (Å²) in [6.45, 7) is 0. The Hall–Kier alpha value is -0.910. The van der Waals surface area contributed by atoms with Crippen molar-refractivity contribution < 1.29 is 9.90 Å². The van der Waals surface area contributed by atoms with Gasteiger partial charge in [-0.1, -0.05) is 0 Å². The first-order chi connectivity index (χ1) is 7.16. The van der Waals surface area contributed by atoms with Gasteiger partial charge in [-0.05, 0) is 41.6 Å². The van der Waals surface area contributed by atoms with Crippen LogP contribution in [0.1, 0.15) is 31.7 Å². The predicted octanol–water partition coefficient (Wildman–Crippen LogP) is 1.86. The van der Waals surface area contributed by atoms with Gasteiger partial charge in [0.2, 0.25) is 4.73 Å². The van der Waals surface area contributed by atoms with Crippen LogP contribution in [0, 0.1) is 5.92 Å². The fourth-order valence-electron chi connectivity index (χ4n) is 2.02. The first-order valence-electron chi connectivity index (χ1n) is 4.96. The second-order valence-corrected chi connectivity index (χ2v) is 4.55. The predicted molar refractivity (Wildman–Crippen MR) is 56.4 cm³/mol. The molecule has 0 aliphatic heterocycles. The van der Waals surface area contributed by atoms with Crippen LogP contribution in [0.25, 0.3) is 0 Å². The molecule has 15 heavy (non-hydrogen) atoms. The van der Waals surface area contributed by atoms with E-state index in [1.807, 2.05) is 4.68 Å². The highest BCUT2D eigenvalue weighted by atomic mass is 79.9. The van der Waals surface area contributed by atoms with Gasteiger partial charge < -0.3 is 5.11 Å². The van der Waals surface area contributed by atoms with Gasteiger partial charge in [0.25, 0.3) is 0 Å². The van der Waals surface area contributed by atoms with Crippen LogP contribution in [-0.2, 0) is 4.79 Å². The van der Waals surface area contributed by atoms with Crippen molar-refractivity contribution in [3.63, 3.8) is 0 Å². The summed E-state index contributed by atoms with van der Waals surface area (Å²) in [6.07, 6.45) is 4.89. The molecule has 6 heteroatoms. The number of aromatic nitrogens is 3. The standard InChI is InChI=1S/C9H12BrN3O2/c10-9-11-5-13(12-9)7-3-1-6(2-4-7)8(14)15/h5-7H,1-4H2,(H,14,15). The molecule has 0 bridgehead atoms. The van der Waals surface area contributed by atoms with Crippen LogP contribution >= 0.6 is 15.9 Å². The number of rotatable bonds is 2. The molecule has 0 saturated heterocycles. The lowest BCUT2D eigenvalue weighted by Gasteiger charge is -2.25. The molecule has 1 fully saturated rings. The number of halogens is 1. The maximum absolute atomic E-state index is 10.8. The average Bonchev–Trinajstić information content (AvgIpc) is 2.65. The molecule has 0 amide bonds. The van der Waals surface area contributed by atoms with Crippen molar-refractivity contribution in [1.29, 1.82) is 0 Å². The lowest BCUT2D eigenvalue weighted by atomic mass is 9.86. The Labute approximate surface area is 95.6 Å². The summed E-state index contributed by atoms with van der Waals surface area (Å²) >= 11 is 3.20. The van der Waals surface area contributed by atoms with Crippen LogP contribution in [0.4, 0.5) is 0 Å². The number of hydrogen-bond acceptors (Lipinski definition) is 3. The highest BCUT2D eigenvalue weighted by Crippen LogP contribution is 2.31. The Morgan fingerprint density at radius 2 is 2.13 bits per heavy atom. The molecule has 1 aliphatic carbocycles. The van der Waals surface area contributed by atoms with E-state index in [9.17, 15) is 4.79 Å². The van der Waals surface area contributed by atoms with Gasteiger partial charge >= 0.3 is 5.97 Å². The number of carboxylic acid groups (broad SMARTS) is 1. The zero-order chi connectivity index (χ0) is 10.8. The average molecular weight is 274 g/mol. The Bertz CT molecular complexity index is 358. The molecule has 1 heterocycles. The van der Waals surface area contributed by atoms with Gasteiger partial charge in [-0.15, -0.1) is 5.10 Å². The minimum Gasteiger partial charge on any atom is -0.481 e. The topological polar surface area (TPSA) is 68.0 Å². The van der Waals surface area contributed by atoms with E-state index in [1.165, 1.54) is 0 Å². The van der Waals surface area contributed by atoms with Gasteiger partial charge in [-0.25, -0.2) is 9.67 Å². The fourth-order valence-corrected chi connectivity index (χ4v) is 2.29. The summed E-state index contributed by atoms with van der Waals surface area (Å²) in [5.41, 5.74) is 0. The summed E-state index contributed by atoms with van der Waals surface area (Å²) in [6, 6.07) is 0.305. The largest absolute Gasteiger partial charge is 0.481 e. The molecule has 5 nitrogen and oxygen atoms in total. The van der Waals surface area contributed by atoms with E-state index in [2.05, 4.69) is 26.0 Å². The Balaban J connectivity index is 1.96. The third-order valence-electron chi connectivity index (χ3n) is 2.90. The molecule has 0 unspecified atom stereocenters. The molecule has 1 aliphatic rings. The van der Waals surface area contributed by atoms with Crippen LogP contribution in [0.5, 0.6) is 0 Å². The van der Waals surface area contributed by atoms with E-state index in [0.29, 0.717) is 10.8 Å². The molecule has 0 aromatic carbocycles. The molecular formula is C9H12BrN3O2. The molecule has 82 valence electrons. The molecule has 0 atom stereocenters. The summed E-state index contributed by atoms with van der Waals surface area (Å²) in [4.78, 5) is 14.8. The number of aliphatic carboxylic acids is 1. The Morgan fingerprint density at radius 3 is 2.60 bits per heavy atom.